The highest BCUT2D eigenvalue weighted by molar-refractivity contribution is 6.27. The van der Waals surface area contributed by atoms with Crippen LogP contribution in [-0.2, 0) is 9.59 Å². The molecule has 0 fully saturated rings. The zero-order chi connectivity index (χ0) is 31.2. The van der Waals surface area contributed by atoms with Gasteiger partial charge in [0.2, 0.25) is 0 Å². The van der Waals surface area contributed by atoms with Crippen LogP contribution in [0.5, 0.6) is 0 Å². The van der Waals surface area contributed by atoms with E-state index >= 15 is 0 Å². The minimum atomic E-state index is -4.64. The van der Waals surface area contributed by atoms with Gasteiger partial charge >= 0.3 is 24.1 Å². The predicted octanol–water partition coefficient (Wildman–Crippen LogP) is 2.91. The van der Waals surface area contributed by atoms with E-state index in [0.29, 0.717) is 5.69 Å². The van der Waals surface area contributed by atoms with E-state index in [1.165, 1.54) is 18.3 Å². The van der Waals surface area contributed by atoms with Gasteiger partial charge in [-0.1, -0.05) is 12.1 Å². The molecule has 18 heteroatoms. The molecule has 7 N–H and O–H groups in total. The number of amides is 3. The van der Waals surface area contributed by atoms with Gasteiger partial charge in [-0.05, 0) is 36.8 Å². The third-order valence-corrected chi connectivity index (χ3v) is 5.11. The summed E-state index contributed by atoms with van der Waals surface area (Å²) in [6.07, 6.45) is -2.37. The van der Waals surface area contributed by atoms with Crippen molar-refractivity contribution in [3.8, 4) is 11.1 Å². The lowest BCUT2D eigenvalue weighted by molar-refractivity contribution is -0.159. The van der Waals surface area contributed by atoms with Gasteiger partial charge in [0.05, 0.1) is 11.3 Å². The van der Waals surface area contributed by atoms with Gasteiger partial charge in [0, 0.05) is 17.5 Å². The third kappa shape index (κ3) is 7.87. The SMILES string of the molecule is Cc1cccc(NC(=O)Nc2ccc(-c3c(C(=O)NCC(F)(F)F)cn4ncnc(N)c34)cc2F)n1.O=C(O)C(=O)O. The van der Waals surface area contributed by atoms with Crippen LogP contribution in [0.1, 0.15) is 16.1 Å². The smallest absolute Gasteiger partial charge is 0.414 e. The molecule has 14 nitrogen and oxygen atoms in total. The van der Waals surface area contributed by atoms with Gasteiger partial charge in [-0.15, -0.1) is 0 Å². The van der Waals surface area contributed by atoms with Crippen LogP contribution in [0, 0.1) is 12.7 Å². The number of aryl methyl sites for hydroxylation is 1. The van der Waals surface area contributed by atoms with Crippen molar-refractivity contribution in [2.75, 3.05) is 22.9 Å². The van der Waals surface area contributed by atoms with Gasteiger partial charge in [0.1, 0.15) is 30.0 Å². The molecule has 0 radical (unpaired) electrons. The molecule has 0 spiro atoms. The molecule has 0 bridgehead atoms. The Kier molecular flexibility index (Phi) is 9.20. The molecule has 3 aromatic heterocycles. The monoisotopic (exact) mass is 592 g/mol. The maximum Gasteiger partial charge on any atom is 0.414 e. The number of rotatable bonds is 5. The second kappa shape index (κ2) is 12.6. The highest BCUT2D eigenvalue weighted by Gasteiger charge is 2.30. The molecule has 0 aliphatic heterocycles. The summed E-state index contributed by atoms with van der Waals surface area (Å²) >= 11 is 0. The fourth-order valence-corrected chi connectivity index (χ4v) is 3.43. The molecule has 4 rings (SSSR count). The summed E-state index contributed by atoms with van der Waals surface area (Å²) in [7, 11) is 0. The zero-order valence-electron chi connectivity index (χ0n) is 21.2. The lowest BCUT2D eigenvalue weighted by atomic mass is 10.0. The molecule has 0 saturated carbocycles. The molecule has 0 atom stereocenters. The highest BCUT2D eigenvalue weighted by Crippen LogP contribution is 2.34. The van der Waals surface area contributed by atoms with E-state index in [2.05, 4.69) is 25.7 Å². The van der Waals surface area contributed by atoms with E-state index < -0.39 is 42.4 Å². The number of hydrogen-bond donors (Lipinski definition) is 6. The van der Waals surface area contributed by atoms with E-state index in [1.807, 2.05) is 0 Å². The average molecular weight is 592 g/mol. The number of carboxylic acids is 2. The number of anilines is 3. The topological polar surface area (TPSA) is 214 Å². The van der Waals surface area contributed by atoms with Crippen molar-refractivity contribution in [3.05, 3.63) is 66.0 Å². The molecule has 4 aromatic rings. The van der Waals surface area contributed by atoms with Crippen molar-refractivity contribution in [2.24, 2.45) is 0 Å². The quantitative estimate of drug-likeness (QED) is 0.147. The standard InChI is InChI=1S/C22H18F4N8O2.C2H2O4/c1-11-3-2-4-16(31-11)33-21(36)32-15-6-5-12(7-14(15)23)17-13(20(35)28-9-22(24,25)26)8-34-18(17)19(27)29-10-30-34;3-1(4)2(5)6/h2-8,10H,9H2,1H3,(H,28,35)(H2,27,29,30)(H2,31,32,33,36);(H,3,4)(H,5,6). The lowest BCUT2D eigenvalue weighted by Crippen LogP contribution is -2.33. The first-order valence-corrected chi connectivity index (χ1v) is 11.4. The van der Waals surface area contributed by atoms with Crippen LogP contribution in [0.3, 0.4) is 0 Å². The summed E-state index contributed by atoms with van der Waals surface area (Å²) in [4.78, 5) is 51.0. The number of carbonyl (C=O) groups excluding carboxylic acids is 2. The first-order chi connectivity index (χ1) is 19.7. The molecule has 0 unspecified atom stereocenters. The summed E-state index contributed by atoms with van der Waals surface area (Å²) in [5.41, 5.74) is 6.38. The number of pyridine rings is 1. The van der Waals surface area contributed by atoms with E-state index in [0.717, 1.165) is 16.9 Å². The highest BCUT2D eigenvalue weighted by atomic mass is 19.4. The molecule has 1 aromatic carbocycles. The first kappa shape index (κ1) is 30.7. The largest absolute Gasteiger partial charge is 0.473 e. The van der Waals surface area contributed by atoms with Crippen LogP contribution in [0.2, 0.25) is 0 Å². The number of nitrogen functional groups attached to an aromatic ring is 1. The molecular weight excluding hydrogens is 572 g/mol. The van der Waals surface area contributed by atoms with E-state index in [1.54, 1.807) is 30.4 Å². The van der Waals surface area contributed by atoms with Crippen LogP contribution >= 0.6 is 0 Å². The fraction of sp³-hybridized carbons (Fsp3) is 0.125. The Bertz CT molecular complexity index is 1660. The number of aromatic nitrogens is 4. The number of urea groups is 1. The Morgan fingerprint density at radius 2 is 1.74 bits per heavy atom. The Morgan fingerprint density at radius 1 is 1.05 bits per heavy atom. The number of aliphatic carboxylic acids is 2. The maximum atomic E-state index is 15.0. The number of carbonyl (C=O) groups is 4. The summed E-state index contributed by atoms with van der Waals surface area (Å²) in [6, 6.07) is 7.83. The number of fused-ring (bicyclic) bond motifs is 1. The molecule has 0 aliphatic carbocycles. The molecule has 0 aliphatic rings. The van der Waals surface area contributed by atoms with E-state index in [9.17, 15) is 27.2 Å². The van der Waals surface area contributed by atoms with Crippen molar-refractivity contribution in [1.29, 1.82) is 0 Å². The molecule has 220 valence electrons. The fourth-order valence-electron chi connectivity index (χ4n) is 3.43. The number of nitrogens with two attached hydrogens (primary N) is 1. The van der Waals surface area contributed by atoms with Crippen LogP contribution in [0.15, 0.2) is 48.9 Å². The molecule has 0 saturated heterocycles. The number of carboxylic acid groups (broad SMARTS) is 2. The number of nitrogens with zero attached hydrogens (tertiary/aromatic N) is 4. The Labute approximate surface area is 232 Å². The van der Waals surface area contributed by atoms with Gasteiger partial charge in [-0.2, -0.15) is 18.3 Å². The van der Waals surface area contributed by atoms with Crippen molar-refractivity contribution in [2.45, 2.75) is 13.1 Å². The average Bonchev–Trinajstić information content (AvgIpc) is 3.29. The molecule has 42 heavy (non-hydrogen) atoms. The number of alkyl halides is 3. The summed E-state index contributed by atoms with van der Waals surface area (Å²) in [6.45, 7) is 0.170. The van der Waals surface area contributed by atoms with Crippen molar-refractivity contribution >= 4 is 46.7 Å². The van der Waals surface area contributed by atoms with Gasteiger partial charge in [0.25, 0.3) is 5.91 Å². The van der Waals surface area contributed by atoms with Gasteiger partial charge < -0.3 is 26.6 Å². The van der Waals surface area contributed by atoms with Crippen LogP contribution in [0.25, 0.3) is 16.6 Å². The van der Waals surface area contributed by atoms with Crippen LogP contribution in [-0.4, -0.2) is 66.4 Å². The maximum absolute atomic E-state index is 15.0. The summed E-state index contributed by atoms with van der Waals surface area (Å²) in [5.74, 6) is -5.42. The van der Waals surface area contributed by atoms with Gasteiger partial charge in [-0.3, -0.25) is 10.1 Å². The first-order valence-electron chi connectivity index (χ1n) is 11.4. The number of benzene rings is 1. The van der Waals surface area contributed by atoms with Gasteiger partial charge in [-0.25, -0.2) is 33.3 Å². The third-order valence-electron chi connectivity index (χ3n) is 5.11. The van der Waals surface area contributed by atoms with E-state index in [-0.39, 0.29) is 39.5 Å². The summed E-state index contributed by atoms with van der Waals surface area (Å²) in [5, 5.41) is 25.3. The molecule has 3 amide bonds. The lowest BCUT2D eigenvalue weighted by Gasteiger charge is -2.11. The summed E-state index contributed by atoms with van der Waals surface area (Å²) < 4.78 is 54.0. The zero-order valence-corrected chi connectivity index (χ0v) is 21.2. The Hall–Kier alpha value is -5.81. The second-order valence-corrected chi connectivity index (χ2v) is 8.20. The number of hydrogen-bond acceptors (Lipinski definition) is 8. The van der Waals surface area contributed by atoms with Crippen molar-refractivity contribution in [1.82, 2.24) is 24.9 Å². The molecular formula is C24H20F4N8O6. The number of halogens is 4. The number of nitrogens with one attached hydrogen (secondary N) is 3. The Morgan fingerprint density at radius 3 is 2.33 bits per heavy atom. The van der Waals surface area contributed by atoms with Crippen molar-refractivity contribution < 1.29 is 47.0 Å². The van der Waals surface area contributed by atoms with Crippen molar-refractivity contribution in [3.63, 3.8) is 0 Å². The van der Waals surface area contributed by atoms with Gasteiger partial charge in [0.15, 0.2) is 5.82 Å². The predicted molar refractivity (Wildman–Crippen MR) is 138 cm³/mol. The van der Waals surface area contributed by atoms with Crippen LogP contribution in [0.4, 0.5) is 39.7 Å². The minimum absolute atomic E-state index is 0.0200. The van der Waals surface area contributed by atoms with E-state index in [4.69, 9.17) is 25.5 Å². The minimum Gasteiger partial charge on any atom is -0.473 e. The molecule has 3 heterocycles. The normalized spacial score (nSPS) is 10.8. The Balaban J connectivity index is 0.000000730. The second-order valence-electron chi connectivity index (χ2n) is 8.20. The van der Waals surface area contributed by atoms with Crippen LogP contribution < -0.4 is 21.7 Å².